The second-order valence-corrected chi connectivity index (χ2v) is 16.0. The van der Waals surface area contributed by atoms with Crippen LogP contribution in [0.4, 0.5) is 0 Å². The van der Waals surface area contributed by atoms with Gasteiger partial charge in [0.25, 0.3) is 0 Å². The molecule has 0 aliphatic heterocycles. The maximum Gasteiger partial charge on any atom is 0.306 e. The van der Waals surface area contributed by atoms with Gasteiger partial charge in [-0.05, 0) is 70.6 Å². The highest BCUT2D eigenvalue weighted by atomic mass is 16.6. The standard InChI is InChI=1S/C49H90O6/c1-4-7-10-13-16-19-22-25-28-30-33-36-39-42-48(51)54-45-46(55-49(52)43-40-37-34-31-27-24-21-18-15-12-9-6-3)44-53-47(50)41-38-35-32-29-26-23-20-17-14-11-8-5-2/h18,21,25,28,46H,4-17,19-20,22-24,26-27,29-45H2,1-3H3/b21-18-,28-25-. The van der Waals surface area contributed by atoms with Crippen LogP contribution in [0.3, 0.4) is 0 Å². The zero-order valence-corrected chi connectivity index (χ0v) is 36.7. The zero-order valence-electron chi connectivity index (χ0n) is 36.7. The topological polar surface area (TPSA) is 78.9 Å². The molecule has 0 heterocycles. The molecule has 0 N–H and O–H groups in total. The minimum atomic E-state index is -0.775. The van der Waals surface area contributed by atoms with Gasteiger partial charge in [0.05, 0.1) is 0 Å². The van der Waals surface area contributed by atoms with Crippen LogP contribution >= 0.6 is 0 Å². The molecule has 0 aliphatic rings. The predicted octanol–water partition coefficient (Wildman–Crippen LogP) is 15.2. The van der Waals surface area contributed by atoms with Crippen molar-refractivity contribution in [3.8, 4) is 0 Å². The van der Waals surface area contributed by atoms with Crippen molar-refractivity contribution in [3.05, 3.63) is 24.3 Å². The summed E-state index contributed by atoms with van der Waals surface area (Å²) in [6.45, 7) is 6.59. The summed E-state index contributed by atoms with van der Waals surface area (Å²) in [4.78, 5) is 37.8. The summed E-state index contributed by atoms with van der Waals surface area (Å²) in [6.07, 6.45) is 48.7. The number of carbonyl (C=O) groups excluding carboxylic acids is 3. The predicted molar refractivity (Wildman–Crippen MR) is 233 cm³/mol. The zero-order chi connectivity index (χ0) is 40.1. The number of esters is 3. The first-order valence-corrected chi connectivity index (χ1v) is 23.8. The van der Waals surface area contributed by atoms with Crippen LogP contribution in [0.15, 0.2) is 24.3 Å². The Bertz CT molecular complexity index is 896. The molecule has 0 spiro atoms. The average Bonchev–Trinajstić information content (AvgIpc) is 3.18. The van der Waals surface area contributed by atoms with Crippen molar-refractivity contribution in [3.63, 3.8) is 0 Å². The Morgan fingerprint density at radius 2 is 0.600 bits per heavy atom. The van der Waals surface area contributed by atoms with Crippen molar-refractivity contribution < 1.29 is 28.6 Å². The molecule has 0 aromatic rings. The number of allylic oxidation sites excluding steroid dienone is 4. The van der Waals surface area contributed by atoms with Gasteiger partial charge >= 0.3 is 17.9 Å². The lowest BCUT2D eigenvalue weighted by atomic mass is 10.0. The van der Waals surface area contributed by atoms with Crippen LogP contribution in [0.2, 0.25) is 0 Å². The van der Waals surface area contributed by atoms with Gasteiger partial charge in [0, 0.05) is 19.3 Å². The molecule has 0 amide bonds. The number of ether oxygens (including phenoxy) is 3. The van der Waals surface area contributed by atoms with Crippen molar-refractivity contribution in [1.29, 1.82) is 0 Å². The summed E-state index contributed by atoms with van der Waals surface area (Å²) < 4.78 is 16.7. The van der Waals surface area contributed by atoms with Gasteiger partial charge in [-0.15, -0.1) is 0 Å². The molecule has 0 rings (SSSR count). The molecule has 6 heteroatoms. The molecule has 0 bridgehead atoms. The summed E-state index contributed by atoms with van der Waals surface area (Å²) in [5.74, 6) is -0.896. The third-order valence-electron chi connectivity index (χ3n) is 10.4. The Kier molecular flexibility index (Phi) is 42.9. The molecule has 322 valence electrons. The molecule has 0 aliphatic carbocycles. The highest BCUT2D eigenvalue weighted by Crippen LogP contribution is 2.14. The van der Waals surface area contributed by atoms with Crippen molar-refractivity contribution in [2.24, 2.45) is 0 Å². The molecule has 1 atom stereocenters. The molecule has 0 saturated carbocycles. The normalized spacial score (nSPS) is 12.1. The van der Waals surface area contributed by atoms with Gasteiger partial charge in [0.15, 0.2) is 6.10 Å². The van der Waals surface area contributed by atoms with Gasteiger partial charge in [-0.25, -0.2) is 0 Å². The van der Waals surface area contributed by atoms with E-state index in [1.165, 1.54) is 128 Å². The van der Waals surface area contributed by atoms with Gasteiger partial charge in [-0.1, -0.05) is 186 Å². The SMILES string of the molecule is CCCCC/C=C\CCCCCCCC(=O)OC(COC(=O)CCCCC/C=C\CCCCCCCC)COC(=O)CCCCCCCCCCCCCC. The van der Waals surface area contributed by atoms with Crippen LogP contribution in [-0.4, -0.2) is 37.2 Å². The fourth-order valence-corrected chi connectivity index (χ4v) is 6.78. The molecule has 0 radical (unpaired) electrons. The second kappa shape index (κ2) is 44.6. The van der Waals surface area contributed by atoms with Gasteiger partial charge in [-0.3, -0.25) is 14.4 Å². The highest BCUT2D eigenvalue weighted by Gasteiger charge is 2.19. The van der Waals surface area contributed by atoms with E-state index < -0.39 is 6.10 Å². The van der Waals surface area contributed by atoms with Crippen LogP contribution in [-0.2, 0) is 28.6 Å². The van der Waals surface area contributed by atoms with Crippen LogP contribution < -0.4 is 0 Å². The summed E-state index contributed by atoms with van der Waals surface area (Å²) >= 11 is 0. The molecule has 0 aromatic carbocycles. The van der Waals surface area contributed by atoms with Gasteiger partial charge in [0.2, 0.25) is 0 Å². The lowest BCUT2D eigenvalue weighted by Crippen LogP contribution is -2.30. The number of hydrogen-bond acceptors (Lipinski definition) is 6. The van der Waals surface area contributed by atoms with Crippen molar-refractivity contribution in [2.75, 3.05) is 13.2 Å². The molecule has 1 unspecified atom stereocenters. The van der Waals surface area contributed by atoms with E-state index in [0.717, 1.165) is 83.5 Å². The summed E-state index contributed by atoms with van der Waals surface area (Å²) in [7, 11) is 0. The van der Waals surface area contributed by atoms with E-state index in [4.69, 9.17) is 14.2 Å². The van der Waals surface area contributed by atoms with E-state index in [1.807, 2.05) is 0 Å². The monoisotopic (exact) mass is 775 g/mol. The number of carbonyl (C=O) groups is 3. The second-order valence-electron chi connectivity index (χ2n) is 16.0. The molecule has 0 aromatic heterocycles. The molecule has 55 heavy (non-hydrogen) atoms. The average molecular weight is 775 g/mol. The first-order valence-electron chi connectivity index (χ1n) is 23.8. The van der Waals surface area contributed by atoms with Crippen molar-refractivity contribution in [1.82, 2.24) is 0 Å². The smallest absolute Gasteiger partial charge is 0.306 e. The van der Waals surface area contributed by atoms with E-state index in [1.54, 1.807) is 0 Å². The van der Waals surface area contributed by atoms with E-state index in [9.17, 15) is 14.4 Å². The Morgan fingerprint density at radius 1 is 0.345 bits per heavy atom. The Morgan fingerprint density at radius 3 is 0.964 bits per heavy atom. The number of unbranched alkanes of at least 4 members (excludes halogenated alkanes) is 28. The maximum atomic E-state index is 12.7. The summed E-state index contributed by atoms with van der Waals surface area (Å²) in [5.41, 5.74) is 0. The van der Waals surface area contributed by atoms with E-state index in [0.29, 0.717) is 19.3 Å². The lowest BCUT2D eigenvalue weighted by Gasteiger charge is -2.18. The van der Waals surface area contributed by atoms with Crippen LogP contribution in [0.1, 0.15) is 252 Å². The third-order valence-corrected chi connectivity index (χ3v) is 10.4. The fourth-order valence-electron chi connectivity index (χ4n) is 6.78. The quantitative estimate of drug-likeness (QED) is 0.0266. The van der Waals surface area contributed by atoms with Crippen molar-refractivity contribution >= 4 is 17.9 Å². The molecular weight excluding hydrogens is 685 g/mol. The summed E-state index contributed by atoms with van der Waals surface area (Å²) in [6, 6.07) is 0. The largest absolute Gasteiger partial charge is 0.462 e. The minimum Gasteiger partial charge on any atom is -0.462 e. The minimum absolute atomic E-state index is 0.0762. The van der Waals surface area contributed by atoms with E-state index >= 15 is 0 Å². The fraction of sp³-hybridized carbons (Fsp3) is 0.857. The Labute approximate surface area is 341 Å². The lowest BCUT2D eigenvalue weighted by molar-refractivity contribution is -0.167. The van der Waals surface area contributed by atoms with Gasteiger partial charge in [-0.2, -0.15) is 0 Å². The van der Waals surface area contributed by atoms with Crippen LogP contribution in [0.25, 0.3) is 0 Å². The Balaban J connectivity index is 4.38. The first kappa shape index (κ1) is 52.9. The van der Waals surface area contributed by atoms with Crippen LogP contribution in [0.5, 0.6) is 0 Å². The van der Waals surface area contributed by atoms with E-state index in [-0.39, 0.29) is 31.1 Å². The van der Waals surface area contributed by atoms with E-state index in [2.05, 4.69) is 45.1 Å². The van der Waals surface area contributed by atoms with Gasteiger partial charge in [0.1, 0.15) is 13.2 Å². The third kappa shape index (κ3) is 42.9. The molecular formula is C49H90O6. The van der Waals surface area contributed by atoms with Crippen molar-refractivity contribution in [2.45, 2.75) is 258 Å². The number of hydrogen-bond donors (Lipinski definition) is 0. The number of rotatable bonds is 43. The van der Waals surface area contributed by atoms with Gasteiger partial charge < -0.3 is 14.2 Å². The highest BCUT2D eigenvalue weighted by molar-refractivity contribution is 5.71. The maximum absolute atomic E-state index is 12.7. The van der Waals surface area contributed by atoms with Crippen LogP contribution in [0, 0.1) is 0 Å². The molecule has 6 nitrogen and oxygen atoms in total. The summed E-state index contributed by atoms with van der Waals surface area (Å²) in [5, 5.41) is 0. The molecule has 0 fully saturated rings. The Hall–Kier alpha value is -2.11. The molecule has 0 saturated heterocycles. The first-order chi connectivity index (χ1) is 27.0.